The van der Waals surface area contributed by atoms with E-state index in [1.165, 1.54) is 5.56 Å². The quantitative estimate of drug-likeness (QED) is 0.389. The van der Waals surface area contributed by atoms with Crippen LogP contribution in [-0.4, -0.2) is 15.9 Å². The highest BCUT2D eigenvalue weighted by Crippen LogP contribution is 2.33. The number of pyridine rings is 1. The number of nitrogens with one attached hydrogen (secondary N) is 2. The molecule has 1 amide bonds. The number of aryl methyl sites for hydroxylation is 1. The average Bonchev–Trinajstić information content (AvgIpc) is 3.19. The molecule has 0 radical (unpaired) electrons. The van der Waals surface area contributed by atoms with Gasteiger partial charge in [0.2, 0.25) is 5.91 Å². The largest absolute Gasteiger partial charge is 0.361 e. The standard InChI is InChI=1S/C25H24ClN3O/c26-21-8-9-24-22(15-21)23(17-28-24)20(7-6-18-4-2-1-3-5-18)14-25(30)29-16-19-10-12-27-13-11-19/h1-5,8-13,15,17,20,28H,6-7,14,16H2,(H,29,30). The first kappa shape index (κ1) is 20.2. The van der Waals surface area contributed by atoms with Crippen LogP contribution in [0.5, 0.6) is 0 Å². The number of halogens is 1. The molecule has 0 spiro atoms. The van der Waals surface area contributed by atoms with Crippen LogP contribution in [0, 0.1) is 0 Å². The summed E-state index contributed by atoms with van der Waals surface area (Å²) in [7, 11) is 0. The minimum atomic E-state index is 0.0428. The fraction of sp³-hybridized carbons (Fsp3) is 0.200. The Morgan fingerprint density at radius 2 is 1.83 bits per heavy atom. The van der Waals surface area contributed by atoms with Gasteiger partial charge in [-0.1, -0.05) is 41.9 Å². The highest BCUT2D eigenvalue weighted by Gasteiger charge is 2.20. The van der Waals surface area contributed by atoms with Gasteiger partial charge < -0.3 is 10.3 Å². The van der Waals surface area contributed by atoms with E-state index in [0.717, 1.165) is 34.9 Å². The number of hydrogen-bond acceptors (Lipinski definition) is 2. The average molecular weight is 418 g/mol. The maximum absolute atomic E-state index is 12.8. The predicted octanol–water partition coefficient (Wildman–Crippen LogP) is 5.64. The van der Waals surface area contributed by atoms with E-state index in [1.54, 1.807) is 12.4 Å². The van der Waals surface area contributed by atoms with E-state index in [-0.39, 0.29) is 11.8 Å². The van der Waals surface area contributed by atoms with Crippen molar-refractivity contribution < 1.29 is 4.79 Å². The molecule has 1 unspecified atom stereocenters. The first-order valence-corrected chi connectivity index (χ1v) is 10.5. The smallest absolute Gasteiger partial charge is 0.220 e. The molecule has 4 rings (SSSR count). The molecule has 0 aliphatic heterocycles. The monoisotopic (exact) mass is 417 g/mol. The van der Waals surface area contributed by atoms with Crippen LogP contribution in [0.3, 0.4) is 0 Å². The lowest BCUT2D eigenvalue weighted by Gasteiger charge is -2.17. The summed E-state index contributed by atoms with van der Waals surface area (Å²) in [6.07, 6.45) is 7.71. The van der Waals surface area contributed by atoms with Crippen LogP contribution in [0.25, 0.3) is 10.9 Å². The molecule has 0 aliphatic rings. The Morgan fingerprint density at radius 1 is 1.03 bits per heavy atom. The second-order valence-electron chi connectivity index (χ2n) is 7.49. The summed E-state index contributed by atoms with van der Waals surface area (Å²) in [5.41, 5.74) is 4.49. The van der Waals surface area contributed by atoms with Gasteiger partial charge in [-0.2, -0.15) is 0 Å². The van der Waals surface area contributed by atoms with E-state index in [9.17, 15) is 4.79 Å². The second kappa shape index (κ2) is 9.59. The number of aromatic amines is 1. The maximum atomic E-state index is 12.8. The van der Waals surface area contributed by atoms with Gasteiger partial charge >= 0.3 is 0 Å². The van der Waals surface area contributed by atoms with E-state index in [0.29, 0.717) is 18.0 Å². The SMILES string of the molecule is O=C(CC(CCc1ccccc1)c1c[nH]c2ccc(Cl)cc12)NCc1ccncc1. The molecule has 0 aliphatic carbocycles. The van der Waals surface area contributed by atoms with Crippen LogP contribution in [0.2, 0.25) is 5.02 Å². The highest BCUT2D eigenvalue weighted by molar-refractivity contribution is 6.31. The van der Waals surface area contributed by atoms with Crippen molar-refractivity contribution in [2.24, 2.45) is 0 Å². The number of fused-ring (bicyclic) bond motifs is 1. The Kier molecular flexibility index (Phi) is 6.45. The predicted molar refractivity (Wildman–Crippen MR) is 122 cm³/mol. The van der Waals surface area contributed by atoms with Gasteiger partial charge in [0.05, 0.1) is 0 Å². The van der Waals surface area contributed by atoms with Crippen LogP contribution >= 0.6 is 11.6 Å². The number of amides is 1. The van der Waals surface area contributed by atoms with Crippen molar-refractivity contribution in [1.82, 2.24) is 15.3 Å². The van der Waals surface area contributed by atoms with Crippen molar-refractivity contribution in [2.45, 2.75) is 31.7 Å². The van der Waals surface area contributed by atoms with E-state index in [2.05, 4.69) is 39.6 Å². The first-order chi connectivity index (χ1) is 14.7. The third-order valence-electron chi connectivity index (χ3n) is 5.41. The van der Waals surface area contributed by atoms with Crippen LogP contribution in [0.4, 0.5) is 0 Å². The minimum Gasteiger partial charge on any atom is -0.361 e. The fourth-order valence-electron chi connectivity index (χ4n) is 3.80. The molecule has 2 N–H and O–H groups in total. The lowest BCUT2D eigenvalue weighted by Crippen LogP contribution is -2.24. The topological polar surface area (TPSA) is 57.8 Å². The summed E-state index contributed by atoms with van der Waals surface area (Å²) in [6.45, 7) is 0.506. The number of carbonyl (C=O) groups excluding carboxylic acids is 1. The summed E-state index contributed by atoms with van der Waals surface area (Å²) in [4.78, 5) is 20.1. The van der Waals surface area contributed by atoms with E-state index >= 15 is 0 Å². The van der Waals surface area contributed by atoms with Crippen LogP contribution in [0.1, 0.15) is 35.4 Å². The zero-order chi connectivity index (χ0) is 20.8. The molecule has 4 aromatic rings. The minimum absolute atomic E-state index is 0.0428. The molecule has 5 heteroatoms. The first-order valence-electron chi connectivity index (χ1n) is 10.1. The molecule has 4 nitrogen and oxygen atoms in total. The maximum Gasteiger partial charge on any atom is 0.220 e. The van der Waals surface area contributed by atoms with E-state index in [1.807, 2.05) is 42.6 Å². The number of carbonyl (C=O) groups is 1. The second-order valence-corrected chi connectivity index (χ2v) is 7.93. The summed E-state index contributed by atoms with van der Waals surface area (Å²) in [5, 5.41) is 4.83. The summed E-state index contributed by atoms with van der Waals surface area (Å²) < 4.78 is 0. The fourth-order valence-corrected chi connectivity index (χ4v) is 3.97. The highest BCUT2D eigenvalue weighted by atomic mass is 35.5. The Balaban J connectivity index is 1.51. The normalized spacial score (nSPS) is 12.0. The Bertz CT molecular complexity index is 1110. The molecule has 30 heavy (non-hydrogen) atoms. The third-order valence-corrected chi connectivity index (χ3v) is 5.65. The third kappa shape index (κ3) is 5.08. The number of aromatic nitrogens is 2. The van der Waals surface area contributed by atoms with Crippen molar-refractivity contribution in [1.29, 1.82) is 0 Å². The van der Waals surface area contributed by atoms with Gasteiger partial charge in [-0.15, -0.1) is 0 Å². The summed E-state index contributed by atoms with van der Waals surface area (Å²) in [6, 6.07) is 20.1. The zero-order valence-electron chi connectivity index (χ0n) is 16.6. The summed E-state index contributed by atoms with van der Waals surface area (Å²) in [5.74, 6) is 0.135. The van der Waals surface area contributed by atoms with Crippen molar-refractivity contribution in [2.75, 3.05) is 0 Å². The van der Waals surface area contributed by atoms with Crippen molar-refractivity contribution in [3.8, 4) is 0 Å². The Hall–Kier alpha value is -3.11. The number of H-pyrrole nitrogens is 1. The number of benzene rings is 2. The summed E-state index contributed by atoms with van der Waals surface area (Å²) >= 11 is 6.25. The van der Waals surface area contributed by atoms with Crippen molar-refractivity contribution in [3.63, 3.8) is 0 Å². The lowest BCUT2D eigenvalue weighted by molar-refractivity contribution is -0.121. The van der Waals surface area contributed by atoms with Gasteiger partial charge in [0.15, 0.2) is 0 Å². The molecule has 2 heterocycles. The van der Waals surface area contributed by atoms with Gasteiger partial charge in [0, 0.05) is 47.5 Å². The van der Waals surface area contributed by atoms with Crippen LogP contribution in [0.15, 0.2) is 79.3 Å². The van der Waals surface area contributed by atoms with Gasteiger partial charge in [-0.05, 0) is 65.8 Å². The molecule has 0 saturated carbocycles. The Labute approximate surface area is 181 Å². The van der Waals surface area contributed by atoms with Crippen LogP contribution < -0.4 is 5.32 Å². The number of rotatable bonds is 8. The number of nitrogens with zero attached hydrogens (tertiary/aromatic N) is 1. The van der Waals surface area contributed by atoms with Gasteiger partial charge in [0.1, 0.15) is 0 Å². The molecular weight excluding hydrogens is 394 g/mol. The molecule has 2 aromatic carbocycles. The van der Waals surface area contributed by atoms with Gasteiger partial charge in [0.25, 0.3) is 0 Å². The van der Waals surface area contributed by atoms with Crippen molar-refractivity contribution >= 4 is 28.4 Å². The van der Waals surface area contributed by atoms with Crippen LogP contribution in [-0.2, 0) is 17.8 Å². The molecular formula is C25H24ClN3O. The molecule has 1 atom stereocenters. The lowest BCUT2D eigenvalue weighted by atomic mass is 9.89. The van der Waals surface area contributed by atoms with Crippen molar-refractivity contribution in [3.05, 3.63) is 101 Å². The molecule has 2 aromatic heterocycles. The Morgan fingerprint density at radius 3 is 2.63 bits per heavy atom. The van der Waals surface area contributed by atoms with Gasteiger partial charge in [-0.3, -0.25) is 9.78 Å². The molecule has 0 fully saturated rings. The van der Waals surface area contributed by atoms with E-state index < -0.39 is 0 Å². The van der Waals surface area contributed by atoms with E-state index in [4.69, 9.17) is 11.6 Å². The number of hydrogen-bond donors (Lipinski definition) is 2. The molecule has 152 valence electrons. The zero-order valence-corrected chi connectivity index (χ0v) is 17.4. The molecule has 0 bridgehead atoms. The van der Waals surface area contributed by atoms with Gasteiger partial charge in [-0.25, -0.2) is 0 Å². The molecule has 0 saturated heterocycles.